The summed E-state index contributed by atoms with van der Waals surface area (Å²) in [4.78, 5) is 13.7. The van der Waals surface area contributed by atoms with E-state index in [9.17, 15) is 4.79 Å². The predicted octanol–water partition coefficient (Wildman–Crippen LogP) is 2.29. The van der Waals surface area contributed by atoms with Gasteiger partial charge in [0.05, 0.1) is 12.6 Å². The number of ether oxygens (including phenoxy) is 1. The topological polar surface area (TPSA) is 55.6 Å². The average molecular weight is 278 g/mol. The van der Waals surface area contributed by atoms with Crippen molar-refractivity contribution in [2.45, 2.75) is 32.7 Å². The smallest absolute Gasteiger partial charge is 0.239 e. The summed E-state index contributed by atoms with van der Waals surface area (Å²) in [5.74, 6) is 1.31. The standard InChI is InChI=1S/C16H26N2O2/c1-13(2)12-15(17)16(19)18(3)10-7-11-20-14-8-5-4-6-9-14/h4-6,8-9,13,15H,7,10-12,17H2,1-3H3. The Hall–Kier alpha value is -1.55. The van der Waals surface area contributed by atoms with E-state index in [1.165, 1.54) is 0 Å². The Morgan fingerprint density at radius 2 is 1.95 bits per heavy atom. The maximum absolute atomic E-state index is 12.0. The lowest BCUT2D eigenvalue weighted by atomic mass is 10.0. The molecule has 1 unspecified atom stereocenters. The van der Waals surface area contributed by atoms with E-state index in [1.807, 2.05) is 30.3 Å². The van der Waals surface area contributed by atoms with E-state index in [0.717, 1.165) is 18.6 Å². The van der Waals surface area contributed by atoms with Crippen LogP contribution in [-0.4, -0.2) is 37.0 Å². The normalized spacial score (nSPS) is 12.2. The fourth-order valence-electron chi connectivity index (χ4n) is 2.01. The van der Waals surface area contributed by atoms with Crippen LogP contribution in [0.1, 0.15) is 26.7 Å². The van der Waals surface area contributed by atoms with E-state index < -0.39 is 6.04 Å². The molecule has 1 amide bonds. The minimum Gasteiger partial charge on any atom is -0.494 e. The summed E-state index contributed by atoms with van der Waals surface area (Å²) >= 11 is 0. The van der Waals surface area contributed by atoms with Gasteiger partial charge in [-0.3, -0.25) is 4.79 Å². The quantitative estimate of drug-likeness (QED) is 0.742. The van der Waals surface area contributed by atoms with Crippen LogP contribution in [0.15, 0.2) is 30.3 Å². The highest BCUT2D eigenvalue weighted by molar-refractivity contribution is 5.81. The first-order chi connectivity index (χ1) is 9.50. The van der Waals surface area contributed by atoms with E-state index in [2.05, 4.69) is 13.8 Å². The molecule has 0 aromatic heterocycles. The van der Waals surface area contributed by atoms with Gasteiger partial charge in [0.1, 0.15) is 5.75 Å². The lowest BCUT2D eigenvalue weighted by Crippen LogP contribution is -2.43. The maximum atomic E-state index is 12.0. The molecule has 0 aliphatic rings. The summed E-state index contributed by atoms with van der Waals surface area (Å²) in [7, 11) is 1.80. The number of benzene rings is 1. The third kappa shape index (κ3) is 6.06. The molecule has 0 saturated heterocycles. The number of carbonyl (C=O) groups is 1. The number of para-hydroxylation sites is 1. The molecular formula is C16H26N2O2. The third-order valence-electron chi connectivity index (χ3n) is 3.07. The minimum absolute atomic E-state index is 0.0124. The average Bonchev–Trinajstić information content (AvgIpc) is 2.43. The van der Waals surface area contributed by atoms with Crippen molar-refractivity contribution in [1.29, 1.82) is 0 Å². The van der Waals surface area contributed by atoms with Gasteiger partial charge in [-0.2, -0.15) is 0 Å². The van der Waals surface area contributed by atoms with Crippen molar-refractivity contribution in [3.63, 3.8) is 0 Å². The third-order valence-corrected chi connectivity index (χ3v) is 3.07. The van der Waals surface area contributed by atoms with Crippen LogP contribution < -0.4 is 10.5 Å². The zero-order valence-electron chi connectivity index (χ0n) is 12.7. The Labute approximate surface area is 121 Å². The van der Waals surface area contributed by atoms with Crippen LogP contribution >= 0.6 is 0 Å². The Balaban J connectivity index is 2.22. The molecule has 1 atom stereocenters. The second-order valence-electron chi connectivity index (χ2n) is 5.51. The second-order valence-corrected chi connectivity index (χ2v) is 5.51. The highest BCUT2D eigenvalue weighted by atomic mass is 16.5. The Morgan fingerprint density at radius 1 is 1.30 bits per heavy atom. The van der Waals surface area contributed by atoms with E-state index >= 15 is 0 Å². The Bertz CT molecular complexity index is 393. The van der Waals surface area contributed by atoms with E-state index in [-0.39, 0.29) is 5.91 Å². The van der Waals surface area contributed by atoms with Gasteiger partial charge in [0, 0.05) is 13.6 Å². The molecule has 4 heteroatoms. The van der Waals surface area contributed by atoms with Crippen LogP contribution in [0, 0.1) is 5.92 Å². The van der Waals surface area contributed by atoms with E-state index in [4.69, 9.17) is 10.5 Å². The molecule has 0 heterocycles. The van der Waals surface area contributed by atoms with Crippen molar-refractivity contribution < 1.29 is 9.53 Å². The van der Waals surface area contributed by atoms with Gasteiger partial charge >= 0.3 is 0 Å². The zero-order valence-corrected chi connectivity index (χ0v) is 12.7. The number of hydrogen-bond acceptors (Lipinski definition) is 3. The van der Waals surface area contributed by atoms with Crippen LogP contribution in [-0.2, 0) is 4.79 Å². The first kappa shape index (κ1) is 16.5. The van der Waals surface area contributed by atoms with Crippen molar-refractivity contribution in [2.24, 2.45) is 11.7 Å². The molecule has 1 rings (SSSR count). The number of carbonyl (C=O) groups excluding carboxylic acids is 1. The summed E-state index contributed by atoms with van der Waals surface area (Å²) in [6.45, 7) is 5.40. The number of rotatable bonds is 8. The van der Waals surface area contributed by atoms with Crippen molar-refractivity contribution in [3.8, 4) is 5.75 Å². The number of hydrogen-bond donors (Lipinski definition) is 1. The molecule has 20 heavy (non-hydrogen) atoms. The van der Waals surface area contributed by atoms with Crippen LogP contribution in [0.2, 0.25) is 0 Å². The van der Waals surface area contributed by atoms with Crippen molar-refractivity contribution in [1.82, 2.24) is 4.90 Å². The van der Waals surface area contributed by atoms with Crippen molar-refractivity contribution in [3.05, 3.63) is 30.3 Å². The Morgan fingerprint density at radius 3 is 2.55 bits per heavy atom. The number of likely N-dealkylation sites (N-methyl/N-ethyl adjacent to an activating group) is 1. The van der Waals surface area contributed by atoms with Gasteiger partial charge in [0.25, 0.3) is 0 Å². The molecule has 2 N–H and O–H groups in total. The molecule has 0 saturated carbocycles. The zero-order chi connectivity index (χ0) is 15.0. The van der Waals surface area contributed by atoms with Gasteiger partial charge in [-0.05, 0) is 30.9 Å². The molecule has 0 fully saturated rings. The molecule has 0 bridgehead atoms. The first-order valence-corrected chi connectivity index (χ1v) is 7.19. The van der Waals surface area contributed by atoms with Gasteiger partial charge in [0.2, 0.25) is 5.91 Å². The summed E-state index contributed by atoms with van der Waals surface area (Å²) in [6, 6.07) is 9.29. The molecule has 0 spiro atoms. The molecule has 4 nitrogen and oxygen atoms in total. The van der Waals surface area contributed by atoms with Crippen LogP contribution in [0.4, 0.5) is 0 Å². The fraction of sp³-hybridized carbons (Fsp3) is 0.562. The van der Waals surface area contributed by atoms with Crippen molar-refractivity contribution in [2.75, 3.05) is 20.2 Å². The van der Waals surface area contributed by atoms with Crippen LogP contribution in [0.3, 0.4) is 0 Å². The lowest BCUT2D eigenvalue weighted by Gasteiger charge is -2.22. The first-order valence-electron chi connectivity index (χ1n) is 7.19. The van der Waals surface area contributed by atoms with Gasteiger partial charge < -0.3 is 15.4 Å². The fourth-order valence-corrected chi connectivity index (χ4v) is 2.01. The van der Waals surface area contributed by atoms with Crippen molar-refractivity contribution >= 4 is 5.91 Å². The maximum Gasteiger partial charge on any atom is 0.239 e. The Kier molecular flexibility index (Phi) is 7.09. The molecule has 0 radical (unpaired) electrons. The number of amides is 1. The largest absolute Gasteiger partial charge is 0.494 e. The van der Waals surface area contributed by atoms with Crippen LogP contribution in [0.5, 0.6) is 5.75 Å². The summed E-state index contributed by atoms with van der Waals surface area (Å²) in [5, 5.41) is 0. The number of nitrogens with two attached hydrogens (primary N) is 1. The molecule has 1 aromatic carbocycles. The van der Waals surface area contributed by atoms with Gasteiger partial charge in [0.15, 0.2) is 0 Å². The van der Waals surface area contributed by atoms with Gasteiger partial charge in [-0.1, -0.05) is 32.0 Å². The highest BCUT2D eigenvalue weighted by Crippen LogP contribution is 2.09. The number of nitrogens with zero attached hydrogens (tertiary/aromatic N) is 1. The van der Waals surface area contributed by atoms with E-state index in [0.29, 0.717) is 19.1 Å². The van der Waals surface area contributed by atoms with E-state index in [1.54, 1.807) is 11.9 Å². The molecule has 1 aromatic rings. The summed E-state index contributed by atoms with van der Waals surface area (Å²) in [6.07, 6.45) is 1.52. The highest BCUT2D eigenvalue weighted by Gasteiger charge is 2.18. The molecular weight excluding hydrogens is 252 g/mol. The van der Waals surface area contributed by atoms with Gasteiger partial charge in [-0.25, -0.2) is 0 Å². The second kappa shape index (κ2) is 8.59. The summed E-state index contributed by atoms with van der Waals surface area (Å²) < 4.78 is 5.59. The van der Waals surface area contributed by atoms with Crippen LogP contribution in [0.25, 0.3) is 0 Å². The summed E-state index contributed by atoms with van der Waals surface area (Å²) in [5.41, 5.74) is 5.89. The van der Waals surface area contributed by atoms with Gasteiger partial charge in [-0.15, -0.1) is 0 Å². The minimum atomic E-state index is -0.393. The lowest BCUT2D eigenvalue weighted by molar-refractivity contribution is -0.131. The molecule has 0 aliphatic heterocycles. The molecule has 0 aliphatic carbocycles. The SMILES string of the molecule is CC(C)CC(N)C(=O)N(C)CCCOc1ccccc1. The molecule has 112 valence electrons. The monoisotopic (exact) mass is 278 g/mol. The predicted molar refractivity (Wildman–Crippen MR) is 81.6 cm³/mol.